The predicted molar refractivity (Wildman–Crippen MR) is 271 cm³/mol. The largest absolute Gasteiger partial charge is 0.499 e. The van der Waals surface area contributed by atoms with Gasteiger partial charge in [0.05, 0.1) is 12.4 Å². The summed E-state index contributed by atoms with van der Waals surface area (Å²) < 4.78 is 6.04. The molecule has 0 aromatic heterocycles. The molecule has 0 aliphatic heterocycles. The maximum atomic E-state index is 12.0. The summed E-state index contributed by atoms with van der Waals surface area (Å²) in [6, 6.07) is 0. The quantitative estimate of drug-likeness (QED) is 0.0346. The number of rotatable bonds is 52. The second-order valence-electron chi connectivity index (χ2n) is 20.2. The monoisotopic (exact) mass is 841 g/mol. The van der Waals surface area contributed by atoms with E-state index in [2.05, 4.69) is 40.9 Å². The lowest BCUT2D eigenvalue weighted by Crippen LogP contribution is -2.17. The predicted octanol–water partition coefficient (Wildman–Crippen LogP) is 21.0. The molecular weight excluding hydrogens is 729 g/mol. The van der Waals surface area contributed by atoms with Crippen LogP contribution in [0.1, 0.15) is 329 Å². The fraction of sp³-hybridized carbons (Fsp3) is 0.914. The SMILES string of the molecule is C=C(CCCCCCCCCCCCCCC)CCCCCCCC(C)(CCCCCCOC(=C)CCCCCCCCCCCCCCC)CCCCCC(=O)CCC. The highest BCUT2D eigenvalue weighted by atomic mass is 16.5. The molecule has 0 radical (unpaired) electrons. The van der Waals surface area contributed by atoms with Crippen molar-refractivity contribution < 1.29 is 9.53 Å². The van der Waals surface area contributed by atoms with Crippen molar-refractivity contribution >= 4 is 5.78 Å². The molecule has 0 fully saturated rings. The molecule has 0 saturated heterocycles. The van der Waals surface area contributed by atoms with Gasteiger partial charge >= 0.3 is 0 Å². The average molecular weight is 842 g/mol. The van der Waals surface area contributed by atoms with Crippen LogP contribution in [0, 0.1) is 5.41 Å². The van der Waals surface area contributed by atoms with Gasteiger partial charge in [-0.25, -0.2) is 0 Å². The van der Waals surface area contributed by atoms with E-state index in [4.69, 9.17) is 4.74 Å². The van der Waals surface area contributed by atoms with Gasteiger partial charge in [-0.05, 0) is 76.0 Å². The fourth-order valence-electron chi connectivity index (χ4n) is 9.44. The van der Waals surface area contributed by atoms with Crippen molar-refractivity contribution in [2.24, 2.45) is 5.41 Å². The molecule has 0 amide bonds. The minimum Gasteiger partial charge on any atom is -0.499 e. The molecule has 60 heavy (non-hydrogen) atoms. The van der Waals surface area contributed by atoms with Crippen molar-refractivity contribution in [1.29, 1.82) is 0 Å². The summed E-state index contributed by atoms with van der Waals surface area (Å²) in [5, 5.41) is 0. The first-order valence-corrected chi connectivity index (χ1v) is 27.9. The van der Waals surface area contributed by atoms with E-state index in [0.29, 0.717) is 11.2 Å². The van der Waals surface area contributed by atoms with Gasteiger partial charge in [-0.1, -0.05) is 258 Å². The Morgan fingerprint density at radius 2 is 0.650 bits per heavy atom. The Bertz CT molecular complexity index is 846. The molecule has 0 bridgehead atoms. The third-order valence-electron chi connectivity index (χ3n) is 13.7. The van der Waals surface area contributed by atoms with Crippen LogP contribution in [-0.4, -0.2) is 12.4 Å². The Morgan fingerprint density at radius 1 is 0.350 bits per heavy atom. The summed E-state index contributed by atoms with van der Waals surface area (Å²) >= 11 is 0. The lowest BCUT2D eigenvalue weighted by Gasteiger charge is -2.30. The van der Waals surface area contributed by atoms with E-state index in [1.807, 2.05) is 0 Å². The number of ether oxygens (including phenoxy) is 1. The van der Waals surface area contributed by atoms with E-state index in [1.165, 1.54) is 269 Å². The van der Waals surface area contributed by atoms with Gasteiger partial charge < -0.3 is 4.74 Å². The minimum atomic E-state index is 0.453. The van der Waals surface area contributed by atoms with Gasteiger partial charge in [-0.3, -0.25) is 4.79 Å². The molecule has 0 heterocycles. The minimum absolute atomic E-state index is 0.453. The van der Waals surface area contributed by atoms with Crippen LogP contribution in [-0.2, 0) is 9.53 Å². The van der Waals surface area contributed by atoms with Gasteiger partial charge in [0.2, 0.25) is 0 Å². The topological polar surface area (TPSA) is 26.3 Å². The first-order valence-electron chi connectivity index (χ1n) is 27.9. The second kappa shape index (κ2) is 47.4. The standard InChI is InChI=1S/C58H112O2/c1-7-10-12-14-16-18-20-22-24-26-28-31-38-47-55(4)48-39-32-30-34-42-51-58(6,53-44-37-41-50-57(59)46-9-3)52-43-35-36-45-54-60-56(5)49-40-33-29-27-25-23-21-19-17-15-13-11-8-2/h4-5,7-54H2,1-3,6H3. The van der Waals surface area contributed by atoms with Crippen molar-refractivity contribution in [3.63, 3.8) is 0 Å². The van der Waals surface area contributed by atoms with Crippen LogP contribution in [0.4, 0.5) is 0 Å². The van der Waals surface area contributed by atoms with Crippen LogP contribution < -0.4 is 0 Å². The molecule has 1 atom stereocenters. The van der Waals surface area contributed by atoms with Crippen LogP contribution in [0.2, 0.25) is 0 Å². The Morgan fingerprint density at radius 3 is 1.03 bits per heavy atom. The molecule has 2 heteroatoms. The maximum Gasteiger partial charge on any atom is 0.132 e. The molecule has 0 aliphatic rings. The van der Waals surface area contributed by atoms with E-state index in [1.54, 1.807) is 0 Å². The third-order valence-corrected chi connectivity index (χ3v) is 13.7. The summed E-state index contributed by atoms with van der Waals surface area (Å²) in [5.74, 6) is 1.48. The van der Waals surface area contributed by atoms with Gasteiger partial charge in [0, 0.05) is 19.3 Å². The third kappa shape index (κ3) is 45.0. The van der Waals surface area contributed by atoms with E-state index >= 15 is 0 Å². The van der Waals surface area contributed by atoms with Crippen molar-refractivity contribution in [2.45, 2.75) is 329 Å². The molecule has 356 valence electrons. The Balaban J connectivity index is 4.06. The van der Waals surface area contributed by atoms with Crippen molar-refractivity contribution in [1.82, 2.24) is 0 Å². The van der Waals surface area contributed by atoms with Gasteiger partial charge in [-0.2, -0.15) is 0 Å². The second-order valence-corrected chi connectivity index (χ2v) is 20.2. The molecule has 0 rings (SSSR count). The molecule has 0 aromatic rings. The van der Waals surface area contributed by atoms with Gasteiger partial charge in [0.25, 0.3) is 0 Å². The highest BCUT2D eigenvalue weighted by molar-refractivity contribution is 5.78. The summed E-state index contributed by atoms with van der Waals surface area (Å²) in [4.78, 5) is 12.0. The van der Waals surface area contributed by atoms with Crippen molar-refractivity contribution in [3.8, 4) is 0 Å². The lowest BCUT2D eigenvalue weighted by molar-refractivity contribution is -0.119. The first kappa shape index (κ1) is 58.9. The van der Waals surface area contributed by atoms with Crippen LogP contribution in [0.15, 0.2) is 24.5 Å². The van der Waals surface area contributed by atoms with Crippen LogP contribution in [0.5, 0.6) is 0 Å². The first-order chi connectivity index (χ1) is 29.4. The number of hydrogen-bond acceptors (Lipinski definition) is 2. The molecule has 2 nitrogen and oxygen atoms in total. The van der Waals surface area contributed by atoms with E-state index in [0.717, 1.165) is 50.9 Å². The molecule has 0 aromatic carbocycles. The normalized spacial score (nSPS) is 12.5. The summed E-state index contributed by atoms with van der Waals surface area (Å²) in [7, 11) is 0. The molecule has 0 N–H and O–H groups in total. The Hall–Kier alpha value is -1.05. The summed E-state index contributed by atoms with van der Waals surface area (Å²) in [6.07, 6.45) is 62.4. The van der Waals surface area contributed by atoms with Crippen molar-refractivity contribution in [2.75, 3.05) is 6.61 Å². The number of ketones is 1. The number of unbranched alkanes of at least 4 members (excludes halogenated alkanes) is 33. The Labute approximate surface area is 379 Å². The van der Waals surface area contributed by atoms with Crippen LogP contribution in [0.25, 0.3) is 0 Å². The number of carbonyl (C=O) groups is 1. The van der Waals surface area contributed by atoms with Gasteiger partial charge in [-0.15, -0.1) is 0 Å². The maximum absolute atomic E-state index is 12.0. The van der Waals surface area contributed by atoms with E-state index in [-0.39, 0.29) is 0 Å². The highest BCUT2D eigenvalue weighted by Crippen LogP contribution is 2.37. The smallest absolute Gasteiger partial charge is 0.132 e. The fourth-order valence-corrected chi connectivity index (χ4v) is 9.44. The number of Topliss-reactive ketones (excluding diaryl/α,β-unsaturated/α-hetero) is 1. The molecule has 0 aliphatic carbocycles. The summed E-state index contributed by atoms with van der Waals surface area (Å²) in [6.45, 7) is 18.8. The summed E-state index contributed by atoms with van der Waals surface area (Å²) in [5.41, 5.74) is 1.96. The zero-order valence-electron chi connectivity index (χ0n) is 42.2. The number of carbonyl (C=O) groups excluding carboxylic acids is 1. The molecule has 0 saturated carbocycles. The molecular formula is C58H112O2. The van der Waals surface area contributed by atoms with Crippen LogP contribution >= 0.6 is 0 Å². The lowest BCUT2D eigenvalue weighted by atomic mass is 9.75. The van der Waals surface area contributed by atoms with Gasteiger partial charge in [0.15, 0.2) is 0 Å². The van der Waals surface area contributed by atoms with E-state index in [9.17, 15) is 4.79 Å². The van der Waals surface area contributed by atoms with Crippen LogP contribution in [0.3, 0.4) is 0 Å². The highest BCUT2D eigenvalue weighted by Gasteiger charge is 2.23. The molecule has 0 spiro atoms. The zero-order chi connectivity index (χ0) is 43.9. The van der Waals surface area contributed by atoms with Crippen molar-refractivity contribution in [3.05, 3.63) is 24.5 Å². The van der Waals surface area contributed by atoms with Gasteiger partial charge in [0.1, 0.15) is 5.78 Å². The Kier molecular flexibility index (Phi) is 46.6. The van der Waals surface area contributed by atoms with E-state index < -0.39 is 0 Å². The average Bonchev–Trinajstić information content (AvgIpc) is 3.23. The number of allylic oxidation sites excluding steroid dienone is 2. The zero-order valence-corrected chi connectivity index (χ0v) is 42.2. The molecule has 1 unspecified atom stereocenters. The number of hydrogen-bond donors (Lipinski definition) is 0.